The smallest absolute Gasteiger partial charge is 0.343 e. The second kappa shape index (κ2) is 15.2. The third-order valence-corrected chi connectivity index (χ3v) is 9.35. The van der Waals surface area contributed by atoms with Crippen molar-refractivity contribution in [1.82, 2.24) is 4.90 Å². The Kier molecular flexibility index (Phi) is 9.96. The molecule has 1 fully saturated rings. The van der Waals surface area contributed by atoms with Gasteiger partial charge >= 0.3 is 11.9 Å². The van der Waals surface area contributed by atoms with E-state index in [0.717, 1.165) is 46.6 Å². The number of hydrogen-bond acceptors (Lipinski definition) is 8. The largest absolute Gasteiger partial charge is 0.492 e. The van der Waals surface area contributed by atoms with Gasteiger partial charge in [-0.05, 0) is 110 Å². The maximum atomic E-state index is 12.9. The Bertz CT molecular complexity index is 2040. The highest BCUT2D eigenvalue weighted by molar-refractivity contribution is 7.17. The van der Waals surface area contributed by atoms with Crippen LogP contribution in [0.3, 0.4) is 0 Å². The van der Waals surface area contributed by atoms with Crippen molar-refractivity contribution in [2.45, 2.75) is 19.3 Å². The standard InChI is InChI=1S/C41H35NO6S/c43-40(29-10-4-1-5-11-29)47-33-18-20-35(37-28-49-39-27-34(19-21-36(37)39)48-41(44)30-12-6-2-7-13-30)38(26-33)46-32-16-14-31(15-17-32)45-25-24-42-22-8-3-9-23-42/h1-2,4-7,10-21,26-28H,3,8-9,22-25H2. The first kappa shape index (κ1) is 32.1. The third kappa shape index (κ3) is 8.00. The maximum Gasteiger partial charge on any atom is 0.343 e. The molecule has 0 saturated carbocycles. The van der Waals surface area contributed by atoms with Crippen molar-refractivity contribution in [3.8, 4) is 39.9 Å². The molecule has 7 rings (SSSR count). The van der Waals surface area contributed by atoms with Crippen LogP contribution in [0.1, 0.15) is 40.0 Å². The van der Waals surface area contributed by atoms with Crippen LogP contribution >= 0.6 is 11.3 Å². The van der Waals surface area contributed by atoms with Gasteiger partial charge in [-0.1, -0.05) is 42.8 Å². The summed E-state index contributed by atoms with van der Waals surface area (Å²) in [5, 5.41) is 3.02. The molecule has 1 aromatic heterocycles. The minimum absolute atomic E-state index is 0.361. The number of ether oxygens (including phenoxy) is 4. The number of thiophene rings is 1. The lowest BCUT2D eigenvalue weighted by Gasteiger charge is -2.26. The van der Waals surface area contributed by atoms with Gasteiger partial charge in [-0.25, -0.2) is 9.59 Å². The second-order valence-corrected chi connectivity index (χ2v) is 12.7. The van der Waals surface area contributed by atoms with E-state index in [1.165, 1.54) is 19.3 Å². The number of carbonyl (C=O) groups excluding carboxylic acids is 2. The summed E-state index contributed by atoms with van der Waals surface area (Å²) in [6.45, 7) is 3.83. The number of fused-ring (bicyclic) bond motifs is 1. The van der Waals surface area contributed by atoms with Gasteiger partial charge < -0.3 is 18.9 Å². The lowest BCUT2D eigenvalue weighted by Crippen LogP contribution is -2.33. The molecule has 246 valence electrons. The number of hydrogen-bond donors (Lipinski definition) is 0. The first-order valence-electron chi connectivity index (χ1n) is 16.4. The maximum absolute atomic E-state index is 12.9. The SMILES string of the molecule is O=C(Oc1ccc(-c2csc3cc(OC(=O)c4ccccc4)ccc23)c(Oc2ccc(OCCN3CCCCC3)cc2)c1)c1ccccc1. The highest BCUT2D eigenvalue weighted by atomic mass is 32.1. The van der Waals surface area contributed by atoms with Crippen molar-refractivity contribution in [3.63, 3.8) is 0 Å². The monoisotopic (exact) mass is 669 g/mol. The van der Waals surface area contributed by atoms with E-state index in [2.05, 4.69) is 4.90 Å². The molecule has 0 atom stereocenters. The van der Waals surface area contributed by atoms with E-state index in [0.29, 0.717) is 40.7 Å². The molecule has 0 spiro atoms. The topological polar surface area (TPSA) is 74.3 Å². The van der Waals surface area contributed by atoms with E-state index < -0.39 is 11.9 Å². The molecule has 7 nitrogen and oxygen atoms in total. The molecule has 2 heterocycles. The normalized spacial score (nSPS) is 13.1. The van der Waals surface area contributed by atoms with Gasteiger partial charge in [0.25, 0.3) is 0 Å². The summed E-state index contributed by atoms with van der Waals surface area (Å²) < 4.78 is 24.9. The van der Waals surface area contributed by atoms with E-state index in [-0.39, 0.29) is 0 Å². The molecule has 0 radical (unpaired) electrons. The predicted molar refractivity (Wildman–Crippen MR) is 192 cm³/mol. The van der Waals surface area contributed by atoms with Gasteiger partial charge in [-0.3, -0.25) is 4.90 Å². The summed E-state index contributed by atoms with van der Waals surface area (Å²) in [5.74, 6) is 1.88. The van der Waals surface area contributed by atoms with E-state index in [9.17, 15) is 9.59 Å². The summed E-state index contributed by atoms with van der Waals surface area (Å²) in [4.78, 5) is 28.0. The van der Waals surface area contributed by atoms with Crippen LogP contribution in [-0.2, 0) is 0 Å². The van der Waals surface area contributed by atoms with Crippen LogP contribution in [0.25, 0.3) is 21.2 Å². The molecule has 0 amide bonds. The van der Waals surface area contributed by atoms with Gasteiger partial charge in [-0.2, -0.15) is 0 Å². The summed E-state index contributed by atoms with van der Waals surface area (Å²) >= 11 is 1.54. The Morgan fingerprint density at radius 1 is 0.612 bits per heavy atom. The Balaban J connectivity index is 1.13. The molecule has 0 unspecified atom stereocenters. The fourth-order valence-electron chi connectivity index (χ4n) is 5.84. The molecule has 0 N–H and O–H groups in total. The molecule has 1 aliphatic heterocycles. The number of piperidine rings is 1. The van der Waals surface area contributed by atoms with E-state index in [1.807, 2.05) is 60.0 Å². The summed E-state index contributed by atoms with van der Waals surface area (Å²) in [5.41, 5.74) is 2.70. The highest BCUT2D eigenvalue weighted by Crippen LogP contribution is 2.43. The number of nitrogens with zero attached hydrogens (tertiary/aromatic N) is 1. The molecular weight excluding hydrogens is 635 g/mol. The van der Waals surface area contributed by atoms with Gasteiger partial charge in [0.1, 0.15) is 35.4 Å². The van der Waals surface area contributed by atoms with Gasteiger partial charge in [0.2, 0.25) is 0 Å². The van der Waals surface area contributed by atoms with Crippen LogP contribution in [0.4, 0.5) is 0 Å². The average molecular weight is 670 g/mol. The lowest BCUT2D eigenvalue weighted by atomic mass is 10.0. The predicted octanol–water partition coefficient (Wildman–Crippen LogP) is 9.66. The first-order chi connectivity index (χ1) is 24.1. The molecular formula is C41H35NO6S. The Morgan fingerprint density at radius 2 is 1.20 bits per heavy atom. The van der Waals surface area contributed by atoms with Gasteiger partial charge in [0.15, 0.2) is 0 Å². The third-order valence-electron chi connectivity index (χ3n) is 8.41. The van der Waals surface area contributed by atoms with E-state index in [1.54, 1.807) is 78.1 Å². The first-order valence-corrected chi connectivity index (χ1v) is 17.3. The lowest BCUT2D eigenvalue weighted by molar-refractivity contribution is 0.0725. The van der Waals surface area contributed by atoms with E-state index in [4.69, 9.17) is 18.9 Å². The van der Waals surface area contributed by atoms with Crippen molar-refractivity contribution in [3.05, 3.63) is 138 Å². The highest BCUT2D eigenvalue weighted by Gasteiger charge is 2.18. The van der Waals surface area contributed by atoms with Crippen LogP contribution in [-0.4, -0.2) is 43.1 Å². The van der Waals surface area contributed by atoms with Crippen molar-refractivity contribution < 1.29 is 28.5 Å². The number of carbonyl (C=O) groups is 2. The Morgan fingerprint density at radius 3 is 1.88 bits per heavy atom. The molecule has 8 heteroatoms. The number of rotatable bonds is 11. The number of esters is 2. The average Bonchev–Trinajstić information content (AvgIpc) is 3.56. The fourth-order valence-corrected chi connectivity index (χ4v) is 6.83. The number of likely N-dealkylation sites (tertiary alicyclic amines) is 1. The van der Waals surface area contributed by atoms with Crippen LogP contribution in [0.5, 0.6) is 28.7 Å². The zero-order valence-corrected chi connectivity index (χ0v) is 27.7. The van der Waals surface area contributed by atoms with Crippen LogP contribution in [0, 0.1) is 0 Å². The zero-order valence-electron chi connectivity index (χ0n) is 26.9. The fraction of sp³-hybridized carbons (Fsp3) is 0.171. The van der Waals surface area contributed by atoms with Crippen LogP contribution in [0.2, 0.25) is 0 Å². The van der Waals surface area contributed by atoms with Crippen molar-refractivity contribution >= 4 is 33.4 Å². The Labute approximate surface area is 289 Å². The zero-order chi connectivity index (χ0) is 33.4. The van der Waals surface area contributed by atoms with Crippen molar-refractivity contribution in [2.24, 2.45) is 0 Å². The summed E-state index contributed by atoms with van der Waals surface area (Å²) in [7, 11) is 0. The molecule has 0 aliphatic carbocycles. The summed E-state index contributed by atoms with van der Waals surface area (Å²) in [6, 6.07) is 36.4. The summed E-state index contributed by atoms with van der Waals surface area (Å²) in [6.07, 6.45) is 3.83. The quantitative estimate of drug-likeness (QED) is 0.100. The molecule has 1 saturated heterocycles. The van der Waals surface area contributed by atoms with Crippen LogP contribution in [0.15, 0.2) is 127 Å². The molecule has 5 aromatic carbocycles. The van der Waals surface area contributed by atoms with Gasteiger partial charge in [0.05, 0.1) is 11.1 Å². The molecule has 49 heavy (non-hydrogen) atoms. The van der Waals surface area contributed by atoms with E-state index >= 15 is 0 Å². The van der Waals surface area contributed by atoms with Gasteiger partial charge in [0, 0.05) is 33.8 Å². The minimum Gasteiger partial charge on any atom is -0.492 e. The Hall–Kier alpha value is -5.44. The minimum atomic E-state index is -0.455. The second-order valence-electron chi connectivity index (χ2n) is 11.8. The number of benzene rings is 5. The molecule has 6 aromatic rings. The van der Waals surface area contributed by atoms with Crippen LogP contribution < -0.4 is 18.9 Å². The van der Waals surface area contributed by atoms with Gasteiger partial charge in [-0.15, -0.1) is 11.3 Å². The molecule has 1 aliphatic rings. The molecule has 0 bridgehead atoms. The van der Waals surface area contributed by atoms with Crippen molar-refractivity contribution in [1.29, 1.82) is 0 Å². The van der Waals surface area contributed by atoms with Crippen molar-refractivity contribution in [2.75, 3.05) is 26.2 Å².